The minimum atomic E-state index is -0.607. The molecule has 2 atom stereocenters. The van der Waals surface area contributed by atoms with Crippen molar-refractivity contribution in [1.29, 1.82) is 0 Å². The van der Waals surface area contributed by atoms with Crippen LogP contribution in [-0.4, -0.2) is 29.1 Å². The number of rotatable bonds is 3. The second-order valence-corrected chi connectivity index (χ2v) is 6.96. The molecular formula is C13H16ClNO2S. The Balaban J connectivity index is 1.75. The molecule has 1 aliphatic heterocycles. The third-order valence-corrected chi connectivity index (χ3v) is 5.71. The molecular weight excluding hydrogens is 270 g/mol. The van der Waals surface area contributed by atoms with Crippen LogP contribution in [-0.2, 0) is 11.3 Å². The molecule has 98 valence electrons. The zero-order chi connectivity index (χ0) is 12.8. The zero-order valence-corrected chi connectivity index (χ0v) is 11.6. The standard InChI is InChI=1S/C13H16ClNO2S/c14-11-9(3-5-18-11)6-15-7-10-2-1-4-13(10,8-15)12(16)17/h3,5,10H,1-2,4,6-8H2,(H,16,17)/t10-,13+/m0/s1. The Bertz CT molecular complexity index is 475. The van der Waals surface area contributed by atoms with Gasteiger partial charge in [0.05, 0.1) is 9.75 Å². The SMILES string of the molecule is O=C(O)[C@@]12CCC[C@H]1CN(Cc1ccsc1Cl)C2. The summed E-state index contributed by atoms with van der Waals surface area (Å²) in [4.78, 5) is 13.8. The highest BCUT2D eigenvalue weighted by molar-refractivity contribution is 7.14. The van der Waals surface area contributed by atoms with Gasteiger partial charge in [-0.25, -0.2) is 0 Å². The fourth-order valence-electron chi connectivity index (χ4n) is 3.54. The smallest absolute Gasteiger partial charge is 0.311 e. The first-order valence-electron chi connectivity index (χ1n) is 6.29. The first-order chi connectivity index (χ1) is 8.62. The molecule has 3 rings (SSSR count). The Hall–Kier alpha value is -0.580. The van der Waals surface area contributed by atoms with E-state index in [1.165, 1.54) is 11.3 Å². The van der Waals surface area contributed by atoms with E-state index in [0.29, 0.717) is 12.5 Å². The molecule has 2 aliphatic rings. The van der Waals surface area contributed by atoms with E-state index in [2.05, 4.69) is 4.90 Å². The highest BCUT2D eigenvalue weighted by Crippen LogP contribution is 2.49. The molecule has 0 spiro atoms. The van der Waals surface area contributed by atoms with Crippen LogP contribution in [0.3, 0.4) is 0 Å². The molecule has 1 aliphatic carbocycles. The maximum absolute atomic E-state index is 11.6. The fraction of sp³-hybridized carbons (Fsp3) is 0.615. The first-order valence-corrected chi connectivity index (χ1v) is 7.55. The van der Waals surface area contributed by atoms with Crippen molar-refractivity contribution in [3.63, 3.8) is 0 Å². The van der Waals surface area contributed by atoms with Crippen molar-refractivity contribution < 1.29 is 9.90 Å². The van der Waals surface area contributed by atoms with Gasteiger partial charge < -0.3 is 5.11 Å². The quantitative estimate of drug-likeness (QED) is 0.928. The molecule has 0 bridgehead atoms. The van der Waals surface area contributed by atoms with Crippen LogP contribution < -0.4 is 0 Å². The summed E-state index contributed by atoms with van der Waals surface area (Å²) in [6.45, 7) is 2.37. The highest BCUT2D eigenvalue weighted by atomic mass is 35.5. The lowest BCUT2D eigenvalue weighted by Crippen LogP contribution is -2.35. The molecule has 2 fully saturated rings. The summed E-state index contributed by atoms with van der Waals surface area (Å²) in [5.41, 5.74) is 0.643. The van der Waals surface area contributed by atoms with Crippen molar-refractivity contribution in [1.82, 2.24) is 4.90 Å². The summed E-state index contributed by atoms with van der Waals surface area (Å²) in [6, 6.07) is 2.04. The Labute approximate surface area is 115 Å². The Kier molecular flexibility index (Phi) is 3.12. The van der Waals surface area contributed by atoms with Crippen molar-refractivity contribution in [2.24, 2.45) is 11.3 Å². The lowest BCUT2D eigenvalue weighted by molar-refractivity contribution is -0.149. The maximum atomic E-state index is 11.6. The van der Waals surface area contributed by atoms with Crippen molar-refractivity contribution in [3.05, 3.63) is 21.3 Å². The van der Waals surface area contributed by atoms with E-state index < -0.39 is 11.4 Å². The van der Waals surface area contributed by atoms with Crippen LogP contribution in [0.1, 0.15) is 24.8 Å². The molecule has 1 saturated heterocycles. The van der Waals surface area contributed by atoms with Crippen LogP contribution >= 0.6 is 22.9 Å². The largest absolute Gasteiger partial charge is 0.481 e. The summed E-state index contributed by atoms with van der Waals surface area (Å²) in [5, 5.41) is 11.5. The Morgan fingerprint density at radius 2 is 2.50 bits per heavy atom. The first kappa shape index (κ1) is 12.5. The number of thiophene rings is 1. The fourth-order valence-corrected chi connectivity index (χ4v) is 4.45. The van der Waals surface area contributed by atoms with Crippen LogP contribution in [0.25, 0.3) is 0 Å². The number of carboxylic acid groups (broad SMARTS) is 1. The van der Waals surface area contributed by atoms with Crippen molar-refractivity contribution in [2.75, 3.05) is 13.1 Å². The molecule has 1 saturated carbocycles. The molecule has 18 heavy (non-hydrogen) atoms. The average molecular weight is 286 g/mol. The zero-order valence-electron chi connectivity index (χ0n) is 10.1. The lowest BCUT2D eigenvalue weighted by atomic mass is 9.81. The molecule has 5 heteroatoms. The molecule has 0 aromatic carbocycles. The molecule has 2 heterocycles. The average Bonchev–Trinajstić information content (AvgIpc) is 2.94. The molecule has 1 aromatic rings. The minimum Gasteiger partial charge on any atom is -0.481 e. The molecule has 0 radical (unpaired) electrons. The number of aliphatic carboxylic acids is 1. The number of carbonyl (C=O) groups is 1. The summed E-state index contributed by atoms with van der Waals surface area (Å²) in [5.74, 6) is -0.281. The van der Waals surface area contributed by atoms with Crippen molar-refractivity contribution in [3.8, 4) is 0 Å². The van der Waals surface area contributed by atoms with Crippen LogP contribution in [0.4, 0.5) is 0 Å². The van der Waals surface area contributed by atoms with Gasteiger partial charge in [-0.3, -0.25) is 9.69 Å². The van der Waals surface area contributed by atoms with E-state index in [9.17, 15) is 9.90 Å². The summed E-state index contributed by atoms with van der Waals surface area (Å²) < 4.78 is 0.830. The van der Waals surface area contributed by atoms with E-state index in [0.717, 1.165) is 42.3 Å². The summed E-state index contributed by atoms with van der Waals surface area (Å²) >= 11 is 7.65. The third kappa shape index (κ3) is 1.87. The van der Waals surface area contributed by atoms with Gasteiger partial charge in [0, 0.05) is 19.6 Å². The van der Waals surface area contributed by atoms with Gasteiger partial charge in [0.25, 0.3) is 0 Å². The number of carboxylic acids is 1. The van der Waals surface area contributed by atoms with Crippen LogP contribution in [0, 0.1) is 11.3 Å². The number of hydrogen-bond donors (Lipinski definition) is 1. The predicted octanol–water partition coefficient (Wildman–Crippen LogP) is 3.09. The van der Waals surface area contributed by atoms with Crippen LogP contribution in [0.5, 0.6) is 0 Å². The van der Waals surface area contributed by atoms with Crippen LogP contribution in [0.2, 0.25) is 4.34 Å². The summed E-state index contributed by atoms with van der Waals surface area (Å²) in [7, 11) is 0. The molecule has 0 unspecified atom stereocenters. The predicted molar refractivity (Wildman–Crippen MR) is 72.0 cm³/mol. The van der Waals surface area contributed by atoms with Gasteiger partial charge in [-0.15, -0.1) is 11.3 Å². The van der Waals surface area contributed by atoms with Gasteiger partial charge >= 0.3 is 5.97 Å². The lowest BCUT2D eigenvalue weighted by Gasteiger charge is -2.23. The molecule has 3 nitrogen and oxygen atoms in total. The van der Waals surface area contributed by atoms with E-state index in [1.807, 2.05) is 11.4 Å². The summed E-state index contributed by atoms with van der Waals surface area (Å²) in [6.07, 6.45) is 2.95. The van der Waals surface area contributed by atoms with Crippen molar-refractivity contribution in [2.45, 2.75) is 25.8 Å². The third-order valence-electron chi connectivity index (χ3n) is 4.45. The Morgan fingerprint density at radius 3 is 3.11 bits per heavy atom. The van der Waals surface area contributed by atoms with Gasteiger partial charge in [0.15, 0.2) is 0 Å². The normalized spacial score (nSPS) is 31.7. The van der Waals surface area contributed by atoms with E-state index in [1.54, 1.807) is 0 Å². The van der Waals surface area contributed by atoms with E-state index >= 15 is 0 Å². The van der Waals surface area contributed by atoms with Gasteiger partial charge in [-0.1, -0.05) is 18.0 Å². The van der Waals surface area contributed by atoms with E-state index in [-0.39, 0.29) is 0 Å². The minimum absolute atomic E-state index is 0.326. The molecule has 1 N–H and O–H groups in total. The number of likely N-dealkylation sites (tertiary alicyclic amines) is 1. The number of nitrogens with zero attached hydrogens (tertiary/aromatic N) is 1. The number of fused-ring (bicyclic) bond motifs is 1. The van der Waals surface area contributed by atoms with Gasteiger partial charge in [-0.05, 0) is 35.8 Å². The van der Waals surface area contributed by atoms with E-state index in [4.69, 9.17) is 11.6 Å². The molecule has 0 amide bonds. The topological polar surface area (TPSA) is 40.5 Å². The van der Waals surface area contributed by atoms with Crippen molar-refractivity contribution >= 4 is 28.9 Å². The van der Waals surface area contributed by atoms with Gasteiger partial charge in [0.1, 0.15) is 0 Å². The Morgan fingerprint density at radius 1 is 1.67 bits per heavy atom. The second-order valence-electron chi connectivity index (χ2n) is 5.44. The molecule has 1 aromatic heterocycles. The number of hydrogen-bond acceptors (Lipinski definition) is 3. The second kappa shape index (κ2) is 4.51. The monoisotopic (exact) mass is 285 g/mol. The number of halogens is 1. The van der Waals surface area contributed by atoms with Gasteiger partial charge in [0.2, 0.25) is 0 Å². The highest BCUT2D eigenvalue weighted by Gasteiger charge is 2.54. The van der Waals surface area contributed by atoms with Crippen LogP contribution in [0.15, 0.2) is 11.4 Å². The van der Waals surface area contributed by atoms with Gasteiger partial charge in [-0.2, -0.15) is 0 Å². The maximum Gasteiger partial charge on any atom is 0.311 e.